The summed E-state index contributed by atoms with van der Waals surface area (Å²) in [6, 6.07) is 0. The summed E-state index contributed by atoms with van der Waals surface area (Å²) in [6.07, 6.45) is 4.72. The lowest BCUT2D eigenvalue weighted by molar-refractivity contribution is 0.165. The molecule has 0 saturated heterocycles. The van der Waals surface area contributed by atoms with Crippen molar-refractivity contribution in [2.75, 3.05) is 5.73 Å². The zero-order chi connectivity index (χ0) is 8.55. The Morgan fingerprint density at radius 1 is 1.58 bits per heavy atom. The number of nitrogens with zero attached hydrogens (tertiary/aromatic N) is 1. The van der Waals surface area contributed by atoms with Gasteiger partial charge < -0.3 is 10.8 Å². The second-order valence-electron chi connectivity index (χ2n) is 3.21. The number of nitrogens with two attached hydrogens (primary N) is 1. The van der Waals surface area contributed by atoms with Crippen LogP contribution in [0.4, 0.5) is 5.13 Å². The van der Waals surface area contributed by atoms with Crippen LogP contribution in [0.5, 0.6) is 0 Å². The predicted octanol–water partition coefficient (Wildman–Crippen LogP) is 1.35. The third kappa shape index (κ3) is 1.32. The van der Waals surface area contributed by atoms with Crippen molar-refractivity contribution < 1.29 is 5.11 Å². The Hall–Kier alpha value is -0.610. The molecule has 12 heavy (non-hydrogen) atoms. The molecule has 1 aliphatic rings. The average Bonchev–Trinajstić information content (AvgIpc) is 2.58. The van der Waals surface area contributed by atoms with Crippen molar-refractivity contribution in [3.8, 4) is 0 Å². The smallest absolute Gasteiger partial charge is 0.180 e. The summed E-state index contributed by atoms with van der Waals surface area (Å²) in [7, 11) is 0. The quantitative estimate of drug-likeness (QED) is 0.692. The van der Waals surface area contributed by atoms with E-state index in [4.69, 9.17) is 5.73 Å². The van der Waals surface area contributed by atoms with Crippen LogP contribution in [0.3, 0.4) is 0 Å². The standard InChI is InChI=1S/C8H12N2OS/c9-8-10-4-7(12-8)5-2-1-3-6(5)11/h4-6,11H,1-3H2,(H2,9,10)/t5-,6-/m1/s1. The molecule has 0 amide bonds. The van der Waals surface area contributed by atoms with Crippen LogP contribution in [-0.2, 0) is 0 Å². The fourth-order valence-corrected chi connectivity index (χ4v) is 2.62. The maximum absolute atomic E-state index is 9.59. The first kappa shape index (κ1) is 8.01. The number of aliphatic hydroxyl groups is 1. The van der Waals surface area contributed by atoms with Gasteiger partial charge in [-0.05, 0) is 12.8 Å². The Morgan fingerprint density at radius 3 is 2.92 bits per heavy atom. The largest absolute Gasteiger partial charge is 0.392 e. The number of hydrogen-bond donors (Lipinski definition) is 2. The van der Waals surface area contributed by atoms with Crippen molar-refractivity contribution in [1.29, 1.82) is 0 Å². The molecule has 2 atom stereocenters. The zero-order valence-electron chi connectivity index (χ0n) is 6.73. The van der Waals surface area contributed by atoms with Gasteiger partial charge in [0.25, 0.3) is 0 Å². The lowest BCUT2D eigenvalue weighted by atomic mass is 10.1. The van der Waals surface area contributed by atoms with E-state index >= 15 is 0 Å². The van der Waals surface area contributed by atoms with Gasteiger partial charge in [-0.25, -0.2) is 4.98 Å². The van der Waals surface area contributed by atoms with Gasteiger partial charge in [0, 0.05) is 17.0 Å². The molecule has 1 heterocycles. The zero-order valence-corrected chi connectivity index (χ0v) is 7.55. The molecule has 66 valence electrons. The summed E-state index contributed by atoms with van der Waals surface area (Å²) in [6.45, 7) is 0. The van der Waals surface area contributed by atoms with Crippen LogP contribution in [0.25, 0.3) is 0 Å². The summed E-state index contributed by atoms with van der Waals surface area (Å²) >= 11 is 1.50. The van der Waals surface area contributed by atoms with Crippen molar-refractivity contribution >= 4 is 16.5 Å². The summed E-state index contributed by atoms with van der Waals surface area (Å²) in [5.41, 5.74) is 5.52. The molecule has 3 N–H and O–H groups in total. The monoisotopic (exact) mass is 184 g/mol. The SMILES string of the molecule is Nc1ncc([C@@H]2CCC[C@H]2O)s1. The Labute approximate surface area is 75.2 Å². The molecule has 0 spiro atoms. The molecule has 0 radical (unpaired) electrons. The van der Waals surface area contributed by atoms with E-state index in [1.54, 1.807) is 6.20 Å². The van der Waals surface area contributed by atoms with Crippen molar-refractivity contribution in [2.45, 2.75) is 31.3 Å². The second-order valence-corrected chi connectivity index (χ2v) is 4.30. The molecule has 1 aromatic rings. The van der Waals surface area contributed by atoms with Crippen LogP contribution in [0.1, 0.15) is 30.1 Å². The molecular weight excluding hydrogens is 172 g/mol. The molecule has 1 aliphatic carbocycles. The van der Waals surface area contributed by atoms with E-state index in [0.29, 0.717) is 11.0 Å². The van der Waals surface area contributed by atoms with Crippen LogP contribution >= 0.6 is 11.3 Å². The first-order valence-corrected chi connectivity index (χ1v) is 4.98. The molecule has 3 nitrogen and oxygen atoms in total. The second kappa shape index (κ2) is 3.03. The van der Waals surface area contributed by atoms with Gasteiger partial charge in [-0.1, -0.05) is 6.42 Å². The van der Waals surface area contributed by atoms with E-state index in [9.17, 15) is 5.11 Å². The first-order chi connectivity index (χ1) is 5.77. The van der Waals surface area contributed by atoms with Crippen molar-refractivity contribution in [1.82, 2.24) is 4.98 Å². The minimum atomic E-state index is -0.176. The van der Waals surface area contributed by atoms with E-state index in [-0.39, 0.29) is 6.10 Å². The van der Waals surface area contributed by atoms with Crippen molar-refractivity contribution in [3.63, 3.8) is 0 Å². The Bertz CT molecular complexity index is 274. The molecule has 2 rings (SSSR count). The highest BCUT2D eigenvalue weighted by Gasteiger charge is 2.27. The molecule has 0 aliphatic heterocycles. The van der Waals surface area contributed by atoms with E-state index in [1.807, 2.05) is 0 Å². The highest BCUT2D eigenvalue weighted by atomic mass is 32.1. The van der Waals surface area contributed by atoms with Gasteiger partial charge >= 0.3 is 0 Å². The van der Waals surface area contributed by atoms with Gasteiger partial charge in [-0.2, -0.15) is 0 Å². The number of nitrogen functional groups attached to an aromatic ring is 1. The van der Waals surface area contributed by atoms with Gasteiger partial charge in [0.05, 0.1) is 6.10 Å². The van der Waals surface area contributed by atoms with Crippen LogP contribution < -0.4 is 5.73 Å². The van der Waals surface area contributed by atoms with Crippen LogP contribution in [0, 0.1) is 0 Å². The normalized spacial score (nSPS) is 29.4. The fourth-order valence-electron chi connectivity index (χ4n) is 1.74. The number of aliphatic hydroxyl groups excluding tert-OH is 1. The number of rotatable bonds is 1. The molecule has 4 heteroatoms. The number of hydrogen-bond acceptors (Lipinski definition) is 4. The molecule has 0 bridgehead atoms. The molecule has 0 unspecified atom stereocenters. The van der Waals surface area contributed by atoms with E-state index in [0.717, 1.165) is 24.1 Å². The summed E-state index contributed by atoms with van der Waals surface area (Å²) in [4.78, 5) is 5.12. The lowest BCUT2D eigenvalue weighted by Gasteiger charge is -2.10. The molecule has 1 saturated carbocycles. The molecular formula is C8H12N2OS. The third-order valence-corrected chi connectivity index (χ3v) is 3.34. The highest BCUT2D eigenvalue weighted by molar-refractivity contribution is 7.15. The van der Waals surface area contributed by atoms with Gasteiger partial charge in [0.1, 0.15) is 0 Å². The summed E-state index contributed by atoms with van der Waals surface area (Å²) in [5, 5.41) is 10.2. The molecule has 0 aromatic carbocycles. The third-order valence-electron chi connectivity index (χ3n) is 2.39. The van der Waals surface area contributed by atoms with E-state index in [2.05, 4.69) is 4.98 Å². The van der Waals surface area contributed by atoms with Gasteiger partial charge in [-0.3, -0.25) is 0 Å². The van der Waals surface area contributed by atoms with Gasteiger partial charge in [-0.15, -0.1) is 11.3 Å². The Kier molecular flexibility index (Phi) is 2.02. The minimum Gasteiger partial charge on any atom is -0.392 e. The minimum absolute atomic E-state index is 0.176. The van der Waals surface area contributed by atoms with Crippen LogP contribution in [-0.4, -0.2) is 16.2 Å². The van der Waals surface area contributed by atoms with Crippen LogP contribution in [0.2, 0.25) is 0 Å². The average molecular weight is 184 g/mol. The van der Waals surface area contributed by atoms with Gasteiger partial charge in [0.2, 0.25) is 0 Å². The predicted molar refractivity (Wildman–Crippen MR) is 49.1 cm³/mol. The summed E-state index contributed by atoms with van der Waals surface area (Å²) in [5.74, 6) is 0.291. The fraction of sp³-hybridized carbons (Fsp3) is 0.625. The number of anilines is 1. The van der Waals surface area contributed by atoms with Crippen molar-refractivity contribution in [3.05, 3.63) is 11.1 Å². The van der Waals surface area contributed by atoms with E-state index in [1.165, 1.54) is 11.3 Å². The maximum atomic E-state index is 9.59. The van der Waals surface area contributed by atoms with Crippen molar-refractivity contribution in [2.24, 2.45) is 0 Å². The highest BCUT2D eigenvalue weighted by Crippen LogP contribution is 2.37. The van der Waals surface area contributed by atoms with Crippen LogP contribution in [0.15, 0.2) is 6.20 Å². The topological polar surface area (TPSA) is 59.1 Å². The first-order valence-electron chi connectivity index (χ1n) is 4.16. The lowest BCUT2D eigenvalue weighted by Crippen LogP contribution is -2.09. The van der Waals surface area contributed by atoms with E-state index < -0.39 is 0 Å². The summed E-state index contributed by atoms with van der Waals surface area (Å²) < 4.78 is 0. The Morgan fingerprint density at radius 2 is 2.42 bits per heavy atom. The molecule has 1 aromatic heterocycles. The molecule has 1 fully saturated rings. The Balaban J connectivity index is 2.19. The maximum Gasteiger partial charge on any atom is 0.180 e. The number of aromatic nitrogens is 1. The number of thiazole rings is 1. The van der Waals surface area contributed by atoms with Gasteiger partial charge in [0.15, 0.2) is 5.13 Å².